The number of carbonyl (C=O) groups excluding carboxylic acids is 1. The first-order valence-electron chi connectivity index (χ1n) is 9.20. The Morgan fingerprint density at radius 3 is 2.42 bits per heavy atom. The summed E-state index contributed by atoms with van der Waals surface area (Å²) in [5, 5.41) is 4.55. The van der Waals surface area contributed by atoms with Gasteiger partial charge in [0.1, 0.15) is 12.4 Å². The maximum absolute atomic E-state index is 12.8. The second-order valence-electron chi connectivity index (χ2n) is 6.56. The number of ether oxygens (including phenoxy) is 1. The van der Waals surface area contributed by atoms with Crippen LogP contribution in [0, 0.1) is 0 Å². The van der Waals surface area contributed by atoms with Gasteiger partial charge >= 0.3 is 6.18 Å². The van der Waals surface area contributed by atoms with E-state index in [4.69, 9.17) is 4.74 Å². The first kappa shape index (κ1) is 22.6. The van der Waals surface area contributed by atoms with Crippen molar-refractivity contribution in [2.24, 2.45) is 0 Å². The van der Waals surface area contributed by atoms with E-state index in [0.717, 1.165) is 29.0 Å². The molecule has 10 heteroatoms. The van der Waals surface area contributed by atoms with Crippen molar-refractivity contribution in [1.29, 1.82) is 0 Å². The summed E-state index contributed by atoms with van der Waals surface area (Å²) < 4.78 is 70.1. The molecular weight excluding hydrogens is 433 g/mol. The minimum absolute atomic E-state index is 0.122. The Hall–Kier alpha value is -3.11. The summed E-state index contributed by atoms with van der Waals surface area (Å²) in [6.07, 6.45) is -4.67. The highest BCUT2D eigenvalue weighted by atomic mass is 32.2. The van der Waals surface area contributed by atoms with Gasteiger partial charge in [0.2, 0.25) is 15.9 Å². The molecule has 0 spiro atoms. The molecule has 0 aliphatic carbocycles. The van der Waals surface area contributed by atoms with Gasteiger partial charge in [-0.05, 0) is 41.1 Å². The number of rotatable bonds is 8. The molecule has 3 aromatic rings. The monoisotopic (exact) mass is 452 g/mol. The van der Waals surface area contributed by atoms with Gasteiger partial charge in [-0.25, -0.2) is 13.1 Å². The number of amides is 1. The first-order chi connectivity index (χ1) is 14.6. The maximum Gasteiger partial charge on any atom is 0.416 e. The van der Waals surface area contributed by atoms with Crippen LogP contribution in [0.1, 0.15) is 5.56 Å². The average molecular weight is 452 g/mol. The SMILES string of the molecule is O=C(CNS(=O)(=O)c1cccc(C(F)(F)F)c1)NCCOc1ccc2ccccc2c1. The molecule has 0 saturated carbocycles. The van der Waals surface area contributed by atoms with Crippen LogP contribution in [-0.4, -0.2) is 34.0 Å². The van der Waals surface area contributed by atoms with E-state index in [9.17, 15) is 26.4 Å². The van der Waals surface area contributed by atoms with Crippen molar-refractivity contribution in [3.63, 3.8) is 0 Å². The molecule has 0 saturated heterocycles. The third-order valence-electron chi connectivity index (χ3n) is 4.31. The summed E-state index contributed by atoms with van der Waals surface area (Å²) in [6.45, 7) is -0.337. The molecule has 6 nitrogen and oxygen atoms in total. The Morgan fingerprint density at radius 2 is 1.68 bits per heavy atom. The molecule has 0 aliphatic rings. The maximum atomic E-state index is 12.8. The number of alkyl halides is 3. The van der Waals surface area contributed by atoms with Gasteiger partial charge in [-0.3, -0.25) is 4.79 Å². The van der Waals surface area contributed by atoms with E-state index in [1.807, 2.05) is 41.1 Å². The molecule has 164 valence electrons. The Labute approximate surface area is 177 Å². The lowest BCUT2D eigenvalue weighted by Crippen LogP contribution is -2.38. The van der Waals surface area contributed by atoms with E-state index >= 15 is 0 Å². The van der Waals surface area contributed by atoms with Crippen molar-refractivity contribution in [1.82, 2.24) is 10.0 Å². The van der Waals surface area contributed by atoms with Gasteiger partial charge in [0.05, 0.1) is 23.5 Å². The highest BCUT2D eigenvalue weighted by Gasteiger charge is 2.31. The largest absolute Gasteiger partial charge is 0.492 e. The number of fused-ring (bicyclic) bond motifs is 1. The molecule has 1 amide bonds. The van der Waals surface area contributed by atoms with Gasteiger partial charge in [0.25, 0.3) is 0 Å². The highest BCUT2D eigenvalue weighted by molar-refractivity contribution is 7.89. The summed E-state index contributed by atoms with van der Waals surface area (Å²) >= 11 is 0. The Bertz CT molecular complexity index is 1180. The zero-order valence-electron chi connectivity index (χ0n) is 16.1. The van der Waals surface area contributed by atoms with Crippen LogP contribution in [-0.2, 0) is 21.0 Å². The van der Waals surface area contributed by atoms with Crippen LogP contribution in [0.15, 0.2) is 71.6 Å². The van der Waals surface area contributed by atoms with Crippen LogP contribution in [0.2, 0.25) is 0 Å². The lowest BCUT2D eigenvalue weighted by atomic mass is 10.1. The smallest absolute Gasteiger partial charge is 0.416 e. The fourth-order valence-corrected chi connectivity index (χ4v) is 3.79. The van der Waals surface area contributed by atoms with Gasteiger partial charge in [-0.2, -0.15) is 13.2 Å². The lowest BCUT2D eigenvalue weighted by molar-refractivity contribution is -0.137. The molecule has 0 fully saturated rings. The van der Waals surface area contributed by atoms with E-state index < -0.39 is 39.1 Å². The quantitative estimate of drug-likeness (QED) is 0.514. The summed E-state index contributed by atoms with van der Waals surface area (Å²) in [6, 6.07) is 16.6. The van der Waals surface area contributed by atoms with E-state index in [0.29, 0.717) is 11.8 Å². The number of halogens is 3. The molecule has 0 bridgehead atoms. The van der Waals surface area contributed by atoms with E-state index in [2.05, 4.69) is 5.32 Å². The molecule has 0 aliphatic heterocycles. The number of benzene rings is 3. The normalized spacial score (nSPS) is 12.0. The summed E-state index contributed by atoms with van der Waals surface area (Å²) in [7, 11) is -4.27. The molecule has 3 aromatic carbocycles. The van der Waals surface area contributed by atoms with Crippen LogP contribution in [0.5, 0.6) is 5.75 Å². The minimum Gasteiger partial charge on any atom is -0.492 e. The molecule has 0 aromatic heterocycles. The summed E-state index contributed by atoms with van der Waals surface area (Å²) in [5.41, 5.74) is -1.09. The summed E-state index contributed by atoms with van der Waals surface area (Å²) in [5.74, 6) is -0.0177. The number of hydrogen-bond donors (Lipinski definition) is 2. The molecule has 3 rings (SSSR count). The summed E-state index contributed by atoms with van der Waals surface area (Å²) in [4.78, 5) is 11.3. The van der Waals surface area contributed by atoms with Crippen LogP contribution < -0.4 is 14.8 Å². The second-order valence-corrected chi connectivity index (χ2v) is 8.32. The predicted molar refractivity (Wildman–Crippen MR) is 109 cm³/mol. The Morgan fingerprint density at radius 1 is 0.935 bits per heavy atom. The number of carbonyl (C=O) groups is 1. The Balaban J connectivity index is 1.46. The Kier molecular flexibility index (Phi) is 6.81. The highest BCUT2D eigenvalue weighted by Crippen LogP contribution is 2.30. The fraction of sp³-hybridized carbons (Fsp3) is 0.190. The molecular formula is C21H19F3N2O4S. The zero-order valence-corrected chi connectivity index (χ0v) is 17.0. The van der Waals surface area contributed by atoms with E-state index in [1.54, 1.807) is 6.07 Å². The van der Waals surface area contributed by atoms with E-state index in [1.165, 1.54) is 0 Å². The molecule has 0 heterocycles. The van der Waals surface area contributed by atoms with Gasteiger partial charge in [-0.1, -0.05) is 36.4 Å². The van der Waals surface area contributed by atoms with Gasteiger partial charge in [0.15, 0.2) is 0 Å². The molecule has 2 N–H and O–H groups in total. The van der Waals surface area contributed by atoms with Crippen molar-refractivity contribution in [3.8, 4) is 5.75 Å². The third kappa shape index (κ3) is 6.19. The van der Waals surface area contributed by atoms with E-state index in [-0.39, 0.29) is 13.2 Å². The van der Waals surface area contributed by atoms with Crippen LogP contribution >= 0.6 is 0 Å². The zero-order chi connectivity index (χ0) is 22.5. The van der Waals surface area contributed by atoms with Crippen molar-refractivity contribution in [3.05, 3.63) is 72.3 Å². The molecule has 0 radical (unpaired) electrons. The molecule has 0 atom stereocenters. The number of sulfonamides is 1. The van der Waals surface area contributed by atoms with Crippen molar-refractivity contribution < 1.29 is 31.1 Å². The fourth-order valence-electron chi connectivity index (χ4n) is 2.76. The van der Waals surface area contributed by atoms with Crippen molar-refractivity contribution >= 4 is 26.7 Å². The molecule has 0 unspecified atom stereocenters. The lowest BCUT2D eigenvalue weighted by Gasteiger charge is -2.11. The standard InChI is InChI=1S/C21H19F3N2O4S/c22-21(23,24)17-6-3-7-19(13-17)31(28,29)26-14-20(27)25-10-11-30-18-9-8-15-4-1-2-5-16(15)12-18/h1-9,12-13,26H,10-11,14H2,(H,25,27). The average Bonchev–Trinajstić information content (AvgIpc) is 2.75. The van der Waals surface area contributed by atoms with Gasteiger partial charge in [0, 0.05) is 0 Å². The predicted octanol–water partition coefficient (Wildman–Crippen LogP) is 3.33. The van der Waals surface area contributed by atoms with Crippen LogP contribution in [0.3, 0.4) is 0 Å². The minimum atomic E-state index is -4.67. The number of hydrogen-bond acceptors (Lipinski definition) is 4. The van der Waals surface area contributed by atoms with Crippen LogP contribution in [0.25, 0.3) is 10.8 Å². The first-order valence-corrected chi connectivity index (χ1v) is 10.7. The van der Waals surface area contributed by atoms with Gasteiger partial charge < -0.3 is 10.1 Å². The van der Waals surface area contributed by atoms with Gasteiger partial charge in [-0.15, -0.1) is 0 Å². The van der Waals surface area contributed by atoms with Crippen molar-refractivity contribution in [2.75, 3.05) is 19.7 Å². The van der Waals surface area contributed by atoms with Crippen molar-refractivity contribution in [2.45, 2.75) is 11.1 Å². The van der Waals surface area contributed by atoms with Crippen LogP contribution in [0.4, 0.5) is 13.2 Å². The molecule has 31 heavy (non-hydrogen) atoms. The number of nitrogens with one attached hydrogen (secondary N) is 2. The second kappa shape index (κ2) is 9.36. The topological polar surface area (TPSA) is 84.5 Å². The third-order valence-corrected chi connectivity index (χ3v) is 5.71.